The largest absolute Gasteiger partial charge is 0.534 e. The molecule has 0 amide bonds. The van der Waals surface area contributed by atoms with Gasteiger partial charge in [0, 0.05) is 11.4 Å². The van der Waals surface area contributed by atoms with Crippen LogP contribution in [0.2, 0.25) is 24.7 Å². The Hall–Kier alpha value is -0.803. The van der Waals surface area contributed by atoms with Crippen LogP contribution in [0.25, 0.3) is 0 Å². The number of alkyl halides is 3. The molecule has 0 aromatic carbocycles. The molecule has 10 heteroatoms. The predicted octanol–water partition coefficient (Wildman–Crippen LogP) is 2.51. The van der Waals surface area contributed by atoms with E-state index in [-0.39, 0.29) is 10.2 Å². The summed E-state index contributed by atoms with van der Waals surface area (Å²) in [6, 6.07) is 0. The summed E-state index contributed by atoms with van der Waals surface area (Å²) in [4.78, 5) is 3.56. The van der Waals surface area contributed by atoms with Crippen LogP contribution in [0.15, 0.2) is 12.4 Å². The van der Waals surface area contributed by atoms with E-state index in [1.165, 1.54) is 6.20 Å². The quantitative estimate of drug-likeness (QED) is 0.484. The van der Waals surface area contributed by atoms with Gasteiger partial charge >= 0.3 is 15.6 Å². The van der Waals surface area contributed by atoms with E-state index >= 15 is 0 Å². The van der Waals surface area contributed by atoms with Crippen molar-refractivity contribution >= 4 is 35.0 Å². The second kappa shape index (κ2) is 4.95. The van der Waals surface area contributed by atoms with Crippen LogP contribution in [0.1, 0.15) is 0 Å². The number of aromatic nitrogens is 1. The van der Waals surface area contributed by atoms with Gasteiger partial charge in [-0.05, 0) is 0 Å². The van der Waals surface area contributed by atoms with Gasteiger partial charge < -0.3 is 4.18 Å². The molecular weight excluding hydrogens is 323 g/mol. The summed E-state index contributed by atoms with van der Waals surface area (Å²) in [7, 11) is -7.94. The molecule has 0 atom stereocenters. The van der Waals surface area contributed by atoms with Crippen LogP contribution in [-0.4, -0.2) is 27.0 Å². The highest BCUT2D eigenvalue weighted by Crippen LogP contribution is 2.28. The Morgan fingerprint density at radius 2 is 1.79 bits per heavy atom. The third-order valence-electron chi connectivity index (χ3n) is 2.10. The Morgan fingerprint density at radius 3 is 2.21 bits per heavy atom. The third-order valence-corrected chi connectivity index (χ3v) is 5.52. The van der Waals surface area contributed by atoms with Crippen molar-refractivity contribution in [2.24, 2.45) is 0 Å². The van der Waals surface area contributed by atoms with Crippen molar-refractivity contribution in [2.75, 3.05) is 0 Å². The average Bonchev–Trinajstić information content (AvgIpc) is 2.12. The van der Waals surface area contributed by atoms with Crippen molar-refractivity contribution in [3.05, 3.63) is 17.4 Å². The summed E-state index contributed by atoms with van der Waals surface area (Å²) in [6.45, 7) is 5.38. The molecule has 0 aliphatic heterocycles. The molecular formula is C9H11ClF3NO3SSi. The molecule has 0 aliphatic rings. The van der Waals surface area contributed by atoms with Crippen molar-refractivity contribution < 1.29 is 25.8 Å². The molecule has 0 unspecified atom stereocenters. The van der Waals surface area contributed by atoms with Gasteiger partial charge in [0.15, 0.2) is 5.75 Å². The number of rotatable bonds is 3. The standard InChI is InChI=1S/C9H11ClF3NO3SSi/c1-19(2,3)8-6(10)4-14-5-7(8)17-18(15,16)9(11,12)13/h4-5H,1-3H3. The van der Waals surface area contributed by atoms with Crippen molar-refractivity contribution in [3.63, 3.8) is 0 Å². The normalized spacial score (nSPS) is 13.4. The number of pyridine rings is 1. The van der Waals surface area contributed by atoms with E-state index in [1.807, 2.05) is 0 Å². The second-order valence-electron chi connectivity index (χ2n) is 4.73. The summed E-state index contributed by atoms with van der Waals surface area (Å²) in [5, 5.41) is 0.367. The summed E-state index contributed by atoms with van der Waals surface area (Å²) in [6.07, 6.45) is 2.16. The van der Waals surface area contributed by atoms with Crippen molar-refractivity contribution in [1.29, 1.82) is 0 Å². The zero-order valence-electron chi connectivity index (χ0n) is 10.2. The van der Waals surface area contributed by atoms with Gasteiger partial charge in [-0.25, -0.2) is 0 Å². The minimum absolute atomic E-state index is 0.0917. The second-order valence-corrected chi connectivity index (χ2v) is 11.7. The Balaban J connectivity index is 3.36. The minimum atomic E-state index is -5.73. The predicted molar refractivity (Wildman–Crippen MR) is 67.8 cm³/mol. The molecule has 1 heterocycles. The van der Waals surface area contributed by atoms with Crippen LogP contribution < -0.4 is 9.37 Å². The van der Waals surface area contributed by atoms with Gasteiger partial charge in [-0.2, -0.15) is 21.6 Å². The molecule has 1 aromatic heterocycles. The zero-order valence-corrected chi connectivity index (χ0v) is 12.8. The first-order chi connectivity index (χ1) is 8.36. The summed E-state index contributed by atoms with van der Waals surface area (Å²) >= 11 is 5.87. The summed E-state index contributed by atoms with van der Waals surface area (Å²) < 4.78 is 63.0. The Morgan fingerprint density at radius 1 is 1.26 bits per heavy atom. The molecule has 19 heavy (non-hydrogen) atoms. The molecule has 0 spiro atoms. The van der Waals surface area contributed by atoms with Gasteiger partial charge in [0.05, 0.1) is 19.3 Å². The fraction of sp³-hybridized carbons (Fsp3) is 0.444. The maximum absolute atomic E-state index is 12.3. The lowest BCUT2D eigenvalue weighted by Crippen LogP contribution is -2.41. The van der Waals surface area contributed by atoms with Crippen LogP contribution in [-0.2, 0) is 10.1 Å². The molecule has 0 fully saturated rings. The van der Waals surface area contributed by atoms with Crippen molar-refractivity contribution in [1.82, 2.24) is 4.98 Å². The molecule has 0 bridgehead atoms. The average molecular weight is 334 g/mol. The van der Waals surface area contributed by atoms with Gasteiger partial charge in [-0.1, -0.05) is 31.2 Å². The number of hydrogen-bond donors (Lipinski definition) is 0. The van der Waals surface area contributed by atoms with E-state index in [9.17, 15) is 21.6 Å². The van der Waals surface area contributed by atoms with Crippen LogP contribution in [0.5, 0.6) is 5.75 Å². The first-order valence-corrected chi connectivity index (χ1v) is 10.3. The lowest BCUT2D eigenvalue weighted by atomic mass is 10.4. The fourth-order valence-electron chi connectivity index (χ4n) is 1.37. The molecule has 1 rings (SSSR count). The Kier molecular flexibility index (Phi) is 4.23. The van der Waals surface area contributed by atoms with Crippen LogP contribution in [0.3, 0.4) is 0 Å². The van der Waals surface area contributed by atoms with Crippen LogP contribution in [0, 0.1) is 0 Å². The molecule has 1 aromatic rings. The van der Waals surface area contributed by atoms with Crippen LogP contribution in [0.4, 0.5) is 13.2 Å². The van der Waals surface area contributed by atoms with Crippen LogP contribution >= 0.6 is 11.6 Å². The van der Waals surface area contributed by atoms with E-state index in [4.69, 9.17) is 11.6 Å². The van der Waals surface area contributed by atoms with E-state index in [2.05, 4.69) is 9.17 Å². The third kappa shape index (κ3) is 3.60. The number of nitrogens with zero attached hydrogens (tertiary/aromatic N) is 1. The lowest BCUT2D eigenvalue weighted by Gasteiger charge is -2.21. The van der Waals surface area contributed by atoms with E-state index in [0.29, 0.717) is 0 Å². The molecule has 0 saturated carbocycles. The molecule has 0 radical (unpaired) electrons. The zero-order chi connectivity index (χ0) is 15.1. The van der Waals surface area contributed by atoms with Crippen molar-refractivity contribution in [2.45, 2.75) is 25.1 Å². The topological polar surface area (TPSA) is 56.3 Å². The molecule has 0 saturated heterocycles. The number of hydrogen-bond acceptors (Lipinski definition) is 4. The van der Waals surface area contributed by atoms with Gasteiger partial charge in [-0.3, -0.25) is 4.98 Å². The minimum Gasteiger partial charge on any atom is -0.374 e. The molecule has 108 valence electrons. The molecule has 0 N–H and O–H groups in total. The summed E-state index contributed by atoms with van der Waals surface area (Å²) in [5.41, 5.74) is -5.49. The Labute approximate surface area is 114 Å². The lowest BCUT2D eigenvalue weighted by molar-refractivity contribution is -0.0499. The van der Waals surface area contributed by atoms with Gasteiger partial charge in [0.1, 0.15) is 0 Å². The Bertz CT molecular complexity index is 583. The van der Waals surface area contributed by atoms with E-state index in [1.54, 1.807) is 19.6 Å². The first kappa shape index (κ1) is 16.3. The number of halogens is 4. The van der Waals surface area contributed by atoms with E-state index in [0.717, 1.165) is 6.20 Å². The van der Waals surface area contributed by atoms with Crippen molar-refractivity contribution in [3.8, 4) is 5.75 Å². The maximum atomic E-state index is 12.3. The first-order valence-electron chi connectivity index (χ1n) is 5.01. The molecule has 0 aliphatic carbocycles. The highest BCUT2D eigenvalue weighted by atomic mass is 35.5. The highest BCUT2D eigenvalue weighted by Gasteiger charge is 2.49. The van der Waals surface area contributed by atoms with Gasteiger partial charge in [0.2, 0.25) is 0 Å². The smallest absolute Gasteiger partial charge is 0.374 e. The van der Waals surface area contributed by atoms with Gasteiger partial charge in [-0.15, -0.1) is 0 Å². The maximum Gasteiger partial charge on any atom is 0.534 e. The highest BCUT2D eigenvalue weighted by molar-refractivity contribution is 7.88. The monoisotopic (exact) mass is 333 g/mol. The fourth-order valence-corrected chi connectivity index (χ4v) is 4.54. The SMILES string of the molecule is C[Si](C)(C)c1c(Cl)cncc1OS(=O)(=O)C(F)(F)F. The van der Waals surface area contributed by atoms with E-state index < -0.39 is 29.4 Å². The van der Waals surface area contributed by atoms with Gasteiger partial charge in [0.25, 0.3) is 0 Å². The summed E-state index contributed by atoms with van der Waals surface area (Å²) in [5.74, 6) is -0.469. The molecule has 4 nitrogen and oxygen atoms in total.